The fraction of sp³-hybridized carbons (Fsp3) is 0.286. The summed E-state index contributed by atoms with van der Waals surface area (Å²) in [6, 6.07) is 9.48. The molecule has 0 aliphatic carbocycles. The third-order valence-electron chi connectivity index (χ3n) is 4.11. The van der Waals surface area contributed by atoms with Crippen LogP contribution in [0.4, 0.5) is 5.69 Å². The van der Waals surface area contributed by atoms with Crippen LogP contribution in [-0.4, -0.2) is 45.1 Å². The van der Waals surface area contributed by atoms with Gasteiger partial charge < -0.3 is 24.3 Å². The Kier molecular flexibility index (Phi) is 7.19. The van der Waals surface area contributed by atoms with E-state index >= 15 is 0 Å². The number of rotatable bonds is 8. The van der Waals surface area contributed by atoms with Gasteiger partial charge in [-0.25, -0.2) is 4.79 Å². The van der Waals surface area contributed by atoms with Gasteiger partial charge in [-0.1, -0.05) is 12.1 Å². The van der Waals surface area contributed by atoms with Crippen LogP contribution in [0.15, 0.2) is 36.4 Å². The molecular formula is C21H23NO7. The fourth-order valence-electron chi connectivity index (χ4n) is 2.60. The molecule has 29 heavy (non-hydrogen) atoms. The van der Waals surface area contributed by atoms with E-state index in [0.717, 1.165) is 0 Å². The van der Waals surface area contributed by atoms with E-state index in [9.17, 15) is 14.4 Å². The molecule has 2 aromatic rings. The van der Waals surface area contributed by atoms with Gasteiger partial charge in [0.1, 0.15) is 5.56 Å². The molecule has 0 aliphatic heterocycles. The molecular weight excluding hydrogens is 378 g/mol. The van der Waals surface area contributed by atoms with E-state index in [1.54, 1.807) is 24.3 Å². The molecule has 1 N–H and O–H groups in total. The number of benzene rings is 2. The predicted octanol–water partition coefficient (Wildman–Crippen LogP) is 3.10. The van der Waals surface area contributed by atoms with Crippen LogP contribution in [-0.2, 0) is 9.53 Å². The number of nitrogens with one attached hydrogen (secondary N) is 1. The van der Waals surface area contributed by atoms with E-state index in [1.165, 1.54) is 47.3 Å². The summed E-state index contributed by atoms with van der Waals surface area (Å²) in [5.41, 5.74) is 0.972. The average molecular weight is 401 g/mol. The summed E-state index contributed by atoms with van der Waals surface area (Å²) in [4.78, 5) is 36.4. The molecule has 0 aliphatic rings. The Labute approximate surface area is 168 Å². The summed E-state index contributed by atoms with van der Waals surface area (Å²) in [6.07, 6.45) is -1.10. The standard InChI is InChI=1S/C21H23NO7/c1-12(23)14-7-6-8-15(11-14)22-20(24)13(2)29-21(25)16-9-10-17(26-3)19(28-5)18(16)27-4/h6-11,13H,1-5H3,(H,22,24). The second-order valence-corrected chi connectivity index (χ2v) is 6.06. The molecule has 0 fully saturated rings. The molecule has 0 spiro atoms. The molecule has 0 saturated heterocycles. The summed E-state index contributed by atoms with van der Waals surface area (Å²) in [5, 5.41) is 2.62. The van der Waals surface area contributed by atoms with Crippen molar-refractivity contribution in [3.05, 3.63) is 47.5 Å². The number of carbonyl (C=O) groups is 3. The summed E-state index contributed by atoms with van der Waals surface area (Å²) < 4.78 is 21.0. The van der Waals surface area contributed by atoms with E-state index in [4.69, 9.17) is 18.9 Å². The average Bonchev–Trinajstić information content (AvgIpc) is 2.72. The first-order chi connectivity index (χ1) is 13.8. The quantitative estimate of drug-likeness (QED) is 0.536. The van der Waals surface area contributed by atoms with Crippen molar-refractivity contribution in [3.8, 4) is 17.2 Å². The molecule has 0 saturated carbocycles. The van der Waals surface area contributed by atoms with Crippen molar-refractivity contribution in [2.24, 2.45) is 0 Å². The molecule has 154 valence electrons. The van der Waals surface area contributed by atoms with Gasteiger partial charge in [0.25, 0.3) is 5.91 Å². The van der Waals surface area contributed by atoms with Crippen molar-refractivity contribution in [2.75, 3.05) is 26.6 Å². The second kappa shape index (κ2) is 9.59. The van der Waals surface area contributed by atoms with Crippen molar-refractivity contribution in [1.82, 2.24) is 0 Å². The minimum Gasteiger partial charge on any atom is -0.493 e. The largest absolute Gasteiger partial charge is 0.493 e. The lowest BCUT2D eigenvalue weighted by molar-refractivity contribution is -0.123. The highest BCUT2D eigenvalue weighted by Crippen LogP contribution is 2.40. The molecule has 2 rings (SSSR count). The lowest BCUT2D eigenvalue weighted by Gasteiger charge is -2.17. The van der Waals surface area contributed by atoms with Crippen molar-refractivity contribution in [3.63, 3.8) is 0 Å². The predicted molar refractivity (Wildman–Crippen MR) is 106 cm³/mol. The van der Waals surface area contributed by atoms with Crippen LogP contribution < -0.4 is 19.5 Å². The van der Waals surface area contributed by atoms with E-state index in [1.807, 2.05) is 0 Å². The normalized spacial score (nSPS) is 11.2. The number of hydrogen-bond donors (Lipinski definition) is 1. The minimum absolute atomic E-state index is 0.0865. The van der Waals surface area contributed by atoms with Gasteiger partial charge in [-0.15, -0.1) is 0 Å². The second-order valence-electron chi connectivity index (χ2n) is 6.06. The van der Waals surface area contributed by atoms with Crippen LogP contribution in [0, 0.1) is 0 Å². The van der Waals surface area contributed by atoms with Gasteiger partial charge in [0, 0.05) is 11.3 Å². The van der Waals surface area contributed by atoms with Gasteiger partial charge in [-0.05, 0) is 38.1 Å². The molecule has 0 aromatic heterocycles. The summed E-state index contributed by atoms with van der Waals surface area (Å²) >= 11 is 0. The topological polar surface area (TPSA) is 100 Å². The highest BCUT2D eigenvalue weighted by atomic mass is 16.6. The number of anilines is 1. The minimum atomic E-state index is -1.10. The summed E-state index contributed by atoms with van der Waals surface area (Å²) in [6.45, 7) is 2.87. The molecule has 8 nitrogen and oxygen atoms in total. The molecule has 0 radical (unpaired) electrons. The Bertz CT molecular complexity index is 923. The van der Waals surface area contributed by atoms with Gasteiger partial charge in [0.15, 0.2) is 23.4 Å². The van der Waals surface area contributed by atoms with Crippen LogP contribution in [0.2, 0.25) is 0 Å². The zero-order chi connectivity index (χ0) is 21.6. The van der Waals surface area contributed by atoms with E-state index in [2.05, 4.69) is 5.32 Å². The molecule has 1 unspecified atom stereocenters. The number of ether oxygens (including phenoxy) is 4. The number of hydrogen-bond acceptors (Lipinski definition) is 7. The third-order valence-corrected chi connectivity index (χ3v) is 4.11. The Hall–Kier alpha value is -3.55. The van der Waals surface area contributed by atoms with E-state index in [-0.39, 0.29) is 22.8 Å². The highest BCUT2D eigenvalue weighted by molar-refractivity contribution is 6.00. The maximum atomic E-state index is 12.6. The van der Waals surface area contributed by atoms with Crippen LogP contribution in [0.25, 0.3) is 0 Å². The number of carbonyl (C=O) groups excluding carboxylic acids is 3. The zero-order valence-electron chi connectivity index (χ0n) is 16.9. The smallest absolute Gasteiger partial charge is 0.342 e. The third kappa shape index (κ3) is 5.04. The Morgan fingerprint density at radius 1 is 0.931 bits per heavy atom. The first kappa shape index (κ1) is 21.7. The van der Waals surface area contributed by atoms with Gasteiger partial charge in [0.2, 0.25) is 5.75 Å². The van der Waals surface area contributed by atoms with Crippen molar-refractivity contribution in [2.45, 2.75) is 20.0 Å². The number of Topliss-reactive ketones (excluding diaryl/α,β-unsaturated/α-hetero) is 1. The molecule has 2 aromatic carbocycles. The van der Waals surface area contributed by atoms with Gasteiger partial charge >= 0.3 is 5.97 Å². The van der Waals surface area contributed by atoms with E-state index in [0.29, 0.717) is 17.0 Å². The van der Waals surface area contributed by atoms with Gasteiger partial charge in [0.05, 0.1) is 21.3 Å². The molecule has 0 heterocycles. The zero-order valence-corrected chi connectivity index (χ0v) is 16.9. The Morgan fingerprint density at radius 3 is 2.21 bits per heavy atom. The van der Waals surface area contributed by atoms with Crippen LogP contribution in [0.5, 0.6) is 17.2 Å². The van der Waals surface area contributed by atoms with Crippen LogP contribution >= 0.6 is 0 Å². The Balaban J connectivity index is 2.15. The highest BCUT2D eigenvalue weighted by Gasteiger charge is 2.25. The maximum absolute atomic E-state index is 12.6. The van der Waals surface area contributed by atoms with Crippen LogP contribution in [0.3, 0.4) is 0 Å². The first-order valence-electron chi connectivity index (χ1n) is 8.74. The number of esters is 1. The lowest BCUT2D eigenvalue weighted by Crippen LogP contribution is -2.30. The Morgan fingerprint density at radius 2 is 1.62 bits per heavy atom. The monoisotopic (exact) mass is 401 g/mol. The van der Waals surface area contributed by atoms with Crippen molar-refractivity contribution < 1.29 is 33.3 Å². The number of methoxy groups -OCH3 is 3. The molecule has 0 bridgehead atoms. The molecule has 1 atom stereocenters. The molecule has 8 heteroatoms. The van der Waals surface area contributed by atoms with Crippen LogP contribution in [0.1, 0.15) is 34.6 Å². The first-order valence-corrected chi connectivity index (χ1v) is 8.74. The number of amides is 1. The lowest BCUT2D eigenvalue weighted by atomic mass is 10.1. The van der Waals surface area contributed by atoms with E-state index < -0.39 is 18.0 Å². The number of ketones is 1. The maximum Gasteiger partial charge on any atom is 0.342 e. The van der Waals surface area contributed by atoms with Crippen molar-refractivity contribution in [1.29, 1.82) is 0 Å². The van der Waals surface area contributed by atoms with Gasteiger partial charge in [-0.3, -0.25) is 9.59 Å². The van der Waals surface area contributed by atoms with Crippen molar-refractivity contribution >= 4 is 23.3 Å². The molecule has 1 amide bonds. The SMILES string of the molecule is COc1ccc(C(=O)OC(C)C(=O)Nc2cccc(C(C)=O)c2)c(OC)c1OC. The fourth-order valence-corrected chi connectivity index (χ4v) is 2.60. The van der Waals surface area contributed by atoms with Gasteiger partial charge in [-0.2, -0.15) is 0 Å². The summed E-state index contributed by atoms with van der Waals surface area (Å²) in [5.74, 6) is -0.666. The summed E-state index contributed by atoms with van der Waals surface area (Å²) in [7, 11) is 4.26.